The van der Waals surface area contributed by atoms with E-state index in [1.807, 2.05) is 19.1 Å². The number of fused-ring (bicyclic) bond motifs is 2. The van der Waals surface area contributed by atoms with Gasteiger partial charge in [-0.25, -0.2) is 0 Å². The number of pyridine rings is 1. The molecule has 0 N–H and O–H groups in total. The number of rotatable bonds is 5. The first-order chi connectivity index (χ1) is 16.4. The van der Waals surface area contributed by atoms with E-state index in [1.165, 1.54) is 11.1 Å². The number of hydrogen-bond acceptors (Lipinski definition) is 6. The molecule has 1 fully saturated rings. The standard InChI is InChI=1S/C26H30N4O4/c1-4-29-14-21(26(32)30-9-10-33-22(15-30)16(2)3)24(31)20-13-23(27-28-25(20)29)34-19-11-17-7-5-6-8-18(17)12-19/h5-8,13-14,16,19,22H,4,9-12,15H2,1-3H3/t22-/m0/s1. The molecule has 0 radical (unpaired) electrons. The summed E-state index contributed by atoms with van der Waals surface area (Å²) in [4.78, 5) is 28.5. The molecular formula is C26H30N4O4. The Labute approximate surface area is 198 Å². The molecule has 1 amide bonds. The van der Waals surface area contributed by atoms with E-state index in [0.717, 1.165) is 12.8 Å². The van der Waals surface area contributed by atoms with E-state index in [-0.39, 0.29) is 35.0 Å². The van der Waals surface area contributed by atoms with Gasteiger partial charge in [0, 0.05) is 44.7 Å². The molecule has 0 bridgehead atoms. The molecule has 0 unspecified atom stereocenters. The highest BCUT2D eigenvalue weighted by molar-refractivity contribution is 5.97. The van der Waals surface area contributed by atoms with Crippen molar-refractivity contribution >= 4 is 16.9 Å². The summed E-state index contributed by atoms with van der Waals surface area (Å²) < 4.78 is 13.7. The Kier molecular flexibility index (Phi) is 6.08. The molecule has 5 rings (SSSR count). The lowest BCUT2D eigenvalue weighted by Gasteiger charge is -2.34. The highest BCUT2D eigenvalue weighted by Gasteiger charge is 2.29. The molecule has 178 valence electrons. The van der Waals surface area contributed by atoms with Gasteiger partial charge in [-0.1, -0.05) is 38.1 Å². The maximum atomic E-state index is 13.4. The van der Waals surface area contributed by atoms with Crippen molar-refractivity contribution < 1.29 is 14.3 Å². The second kappa shape index (κ2) is 9.18. The fraction of sp³-hybridized carbons (Fsp3) is 0.462. The Balaban J connectivity index is 1.45. The first-order valence-corrected chi connectivity index (χ1v) is 12.0. The third kappa shape index (κ3) is 4.18. The van der Waals surface area contributed by atoms with Crippen molar-refractivity contribution in [3.8, 4) is 5.88 Å². The maximum absolute atomic E-state index is 13.4. The van der Waals surface area contributed by atoms with Gasteiger partial charge in [-0.05, 0) is 24.0 Å². The number of amides is 1. The molecule has 1 atom stereocenters. The van der Waals surface area contributed by atoms with E-state index in [9.17, 15) is 9.59 Å². The number of aromatic nitrogens is 3. The minimum absolute atomic E-state index is 0.0343. The molecule has 3 aromatic rings. The quantitative estimate of drug-likeness (QED) is 0.580. The zero-order chi connectivity index (χ0) is 23.8. The summed E-state index contributed by atoms with van der Waals surface area (Å²) >= 11 is 0. The summed E-state index contributed by atoms with van der Waals surface area (Å²) in [7, 11) is 0. The fourth-order valence-electron chi connectivity index (χ4n) is 4.82. The summed E-state index contributed by atoms with van der Waals surface area (Å²) in [6.45, 7) is 8.06. The Hall–Kier alpha value is -3.26. The van der Waals surface area contributed by atoms with Crippen LogP contribution in [0.25, 0.3) is 11.0 Å². The van der Waals surface area contributed by atoms with Gasteiger partial charge in [0.05, 0.1) is 18.1 Å². The van der Waals surface area contributed by atoms with Crippen molar-refractivity contribution in [1.29, 1.82) is 0 Å². The summed E-state index contributed by atoms with van der Waals surface area (Å²) in [5, 5.41) is 8.88. The number of hydrogen-bond donors (Lipinski definition) is 0. The minimum Gasteiger partial charge on any atom is -0.473 e. The van der Waals surface area contributed by atoms with Gasteiger partial charge in [-0.2, -0.15) is 0 Å². The predicted octanol–water partition coefficient (Wildman–Crippen LogP) is 2.85. The molecule has 0 spiro atoms. The number of carbonyl (C=O) groups is 1. The number of morpholine rings is 1. The van der Waals surface area contributed by atoms with Gasteiger partial charge < -0.3 is 18.9 Å². The van der Waals surface area contributed by atoms with Gasteiger partial charge in [0.2, 0.25) is 11.3 Å². The lowest BCUT2D eigenvalue weighted by molar-refractivity contribution is -0.0421. The van der Waals surface area contributed by atoms with Crippen LogP contribution in [0.4, 0.5) is 0 Å². The summed E-state index contributed by atoms with van der Waals surface area (Å²) in [6.07, 6.45) is 3.11. The Bertz CT molecular complexity index is 1260. The first kappa shape index (κ1) is 22.5. The number of carbonyl (C=O) groups excluding carboxylic acids is 1. The molecule has 1 aromatic carbocycles. The second-order valence-electron chi connectivity index (χ2n) is 9.40. The number of ether oxygens (including phenoxy) is 2. The average Bonchev–Trinajstić information content (AvgIpc) is 3.26. The Morgan fingerprint density at radius 1 is 1.21 bits per heavy atom. The molecule has 2 aromatic heterocycles. The van der Waals surface area contributed by atoms with Crippen LogP contribution in [-0.4, -0.2) is 57.5 Å². The van der Waals surface area contributed by atoms with Crippen LogP contribution in [0, 0.1) is 5.92 Å². The lowest BCUT2D eigenvalue weighted by atomic mass is 10.0. The molecule has 34 heavy (non-hydrogen) atoms. The molecule has 8 heteroatoms. The molecule has 0 saturated carbocycles. The van der Waals surface area contributed by atoms with Crippen LogP contribution in [-0.2, 0) is 24.1 Å². The molecular weight excluding hydrogens is 432 g/mol. The third-order valence-electron chi connectivity index (χ3n) is 6.79. The van der Waals surface area contributed by atoms with Crippen molar-refractivity contribution in [1.82, 2.24) is 19.7 Å². The highest BCUT2D eigenvalue weighted by atomic mass is 16.5. The van der Waals surface area contributed by atoms with Crippen molar-refractivity contribution in [2.24, 2.45) is 5.92 Å². The van der Waals surface area contributed by atoms with Gasteiger partial charge in [0.25, 0.3) is 5.91 Å². The first-order valence-electron chi connectivity index (χ1n) is 12.0. The lowest BCUT2D eigenvalue weighted by Crippen LogP contribution is -2.48. The van der Waals surface area contributed by atoms with Crippen LogP contribution >= 0.6 is 0 Å². The van der Waals surface area contributed by atoms with Crippen LogP contribution in [0.15, 0.2) is 41.3 Å². The van der Waals surface area contributed by atoms with Gasteiger partial charge in [0.15, 0.2) is 5.65 Å². The highest BCUT2D eigenvalue weighted by Crippen LogP contribution is 2.25. The van der Waals surface area contributed by atoms with Crippen LogP contribution in [0.5, 0.6) is 5.88 Å². The maximum Gasteiger partial charge on any atom is 0.259 e. The number of benzene rings is 1. The van der Waals surface area contributed by atoms with Gasteiger partial charge in [0.1, 0.15) is 11.7 Å². The van der Waals surface area contributed by atoms with E-state index in [1.54, 1.807) is 21.7 Å². The monoisotopic (exact) mass is 462 g/mol. The smallest absolute Gasteiger partial charge is 0.259 e. The van der Waals surface area contributed by atoms with Crippen molar-refractivity contribution in [2.45, 2.75) is 52.4 Å². The molecule has 1 aliphatic carbocycles. The SMILES string of the molecule is CCn1cc(C(=O)N2CCO[C@H](C(C)C)C2)c(=O)c2cc(OC3Cc4ccccc4C3)nnc21. The molecule has 1 aliphatic heterocycles. The zero-order valence-electron chi connectivity index (χ0n) is 19.9. The molecule has 1 saturated heterocycles. The largest absolute Gasteiger partial charge is 0.473 e. The molecule has 2 aliphatic rings. The van der Waals surface area contributed by atoms with Gasteiger partial charge >= 0.3 is 0 Å². The van der Waals surface area contributed by atoms with Crippen LogP contribution in [0.1, 0.15) is 42.3 Å². The summed E-state index contributed by atoms with van der Waals surface area (Å²) in [6, 6.07) is 9.91. The van der Waals surface area contributed by atoms with Crippen molar-refractivity contribution in [3.05, 3.63) is 63.4 Å². The normalized spacial score (nSPS) is 18.5. The van der Waals surface area contributed by atoms with Crippen LogP contribution in [0.3, 0.4) is 0 Å². The number of nitrogens with zero attached hydrogens (tertiary/aromatic N) is 4. The van der Waals surface area contributed by atoms with E-state index in [2.05, 4.69) is 36.2 Å². The van der Waals surface area contributed by atoms with E-state index >= 15 is 0 Å². The Morgan fingerprint density at radius 3 is 2.62 bits per heavy atom. The minimum atomic E-state index is -0.341. The van der Waals surface area contributed by atoms with E-state index in [0.29, 0.717) is 43.2 Å². The van der Waals surface area contributed by atoms with Crippen molar-refractivity contribution in [3.63, 3.8) is 0 Å². The van der Waals surface area contributed by atoms with Crippen LogP contribution in [0.2, 0.25) is 0 Å². The van der Waals surface area contributed by atoms with E-state index in [4.69, 9.17) is 9.47 Å². The summed E-state index contributed by atoms with van der Waals surface area (Å²) in [5.74, 6) is 0.325. The molecule has 8 nitrogen and oxygen atoms in total. The average molecular weight is 463 g/mol. The number of aryl methyl sites for hydroxylation is 1. The van der Waals surface area contributed by atoms with Gasteiger partial charge in [-0.3, -0.25) is 9.59 Å². The predicted molar refractivity (Wildman–Crippen MR) is 128 cm³/mol. The molecule has 3 heterocycles. The third-order valence-corrected chi connectivity index (χ3v) is 6.79. The Morgan fingerprint density at radius 2 is 1.94 bits per heavy atom. The fourth-order valence-corrected chi connectivity index (χ4v) is 4.82. The van der Waals surface area contributed by atoms with E-state index < -0.39 is 0 Å². The van der Waals surface area contributed by atoms with Crippen molar-refractivity contribution in [2.75, 3.05) is 19.7 Å². The topological polar surface area (TPSA) is 86.5 Å². The van der Waals surface area contributed by atoms with Crippen LogP contribution < -0.4 is 10.2 Å². The van der Waals surface area contributed by atoms with Gasteiger partial charge in [-0.15, -0.1) is 10.2 Å². The zero-order valence-corrected chi connectivity index (χ0v) is 19.9. The second-order valence-corrected chi connectivity index (χ2v) is 9.40. The summed E-state index contributed by atoms with van der Waals surface area (Å²) in [5.41, 5.74) is 2.80.